The molecule has 32 heavy (non-hydrogen) atoms. The smallest absolute Gasteiger partial charge is 0.234 e. The summed E-state index contributed by atoms with van der Waals surface area (Å²) in [6, 6.07) is 14.7. The Balaban J connectivity index is 1.59. The highest BCUT2D eigenvalue weighted by Crippen LogP contribution is 2.28. The number of nitrogens with one attached hydrogen (secondary N) is 1. The van der Waals surface area contributed by atoms with Crippen LogP contribution in [0.3, 0.4) is 0 Å². The average Bonchev–Trinajstić information content (AvgIpc) is 3.24. The monoisotopic (exact) mass is 451 g/mol. The summed E-state index contributed by atoms with van der Waals surface area (Å²) in [4.78, 5) is 16.4. The van der Waals surface area contributed by atoms with Gasteiger partial charge in [-0.1, -0.05) is 30.8 Å². The number of rotatable bonds is 7. The predicted octanol–water partition coefficient (Wildman–Crippen LogP) is 4.90. The third-order valence-electron chi connectivity index (χ3n) is 4.71. The topological polar surface area (TPSA) is 72.7 Å². The zero-order chi connectivity index (χ0) is 22.5. The van der Waals surface area contributed by atoms with Crippen molar-refractivity contribution >= 4 is 23.4 Å². The number of amides is 1. The molecule has 0 fully saturated rings. The number of benzene rings is 2. The van der Waals surface area contributed by atoms with Crippen molar-refractivity contribution in [2.45, 2.75) is 18.5 Å². The maximum Gasteiger partial charge on any atom is 0.234 e. The molecule has 1 amide bonds. The standard InChI is InChI=1S/C23H19F2N5OS/c1-2-15-3-6-18(7-4-15)30-22(16-9-11-26-12-10-16)28-29-23(30)32-14-21(31)27-20-8-5-17(24)13-19(20)25/h3-13H,2,14H2,1H3,(H,27,31). The number of nitrogens with zero attached hydrogens (tertiary/aromatic N) is 4. The number of aryl methyl sites for hydroxylation is 1. The number of carbonyl (C=O) groups is 1. The molecule has 2 aromatic carbocycles. The SMILES string of the molecule is CCc1ccc(-n2c(SCC(=O)Nc3ccc(F)cc3F)nnc2-c2ccncc2)cc1. The molecule has 6 nitrogen and oxygen atoms in total. The Morgan fingerprint density at radius 1 is 1.03 bits per heavy atom. The molecule has 0 saturated heterocycles. The normalized spacial score (nSPS) is 10.8. The predicted molar refractivity (Wildman–Crippen MR) is 120 cm³/mol. The fourth-order valence-corrected chi connectivity index (χ4v) is 3.82. The van der Waals surface area contributed by atoms with E-state index in [0.717, 1.165) is 29.8 Å². The van der Waals surface area contributed by atoms with Crippen molar-refractivity contribution in [2.75, 3.05) is 11.1 Å². The Bertz CT molecular complexity index is 1230. The van der Waals surface area contributed by atoms with Crippen LogP contribution in [0.5, 0.6) is 0 Å². The number of pyridine rings is 1. The quantitative estimate of drug-likeness (QED) is 0.405. The van der Waals surface area contributed by atoms with Crippen LogP contribution in [0.2, 0.25) is 0 Å². The second-order valence-corrected chi connectivity index (χ2v) is 7.80. The van der Waals surface area contributed by atoms with E-state index < -0.39 is 17.5 Å². The number of hydrogen-bond acceptors (Lipinski definition) is 5. The van der Waals surface area contributed by atoms with Crippen molar-refractivity contribution < 1.29 is 13.6 Å². The van der Waals surface area contributed by atoms with Crippen molar-refractivity contribution in [3.63, 3.8) is 0 Å². The van der Waals surface area contributed by atoms with Gasteiger partial charge in [-0.2, -0.15) is 0 Å². The van der Waals surface area contributed by atoms with Crippen LogP contribution < -0.4 is 5.32 Å². The Labute approximate surface area is 187 Å². The van der Waals surface area contributed by atoms with Crippen LogP contribution in [0.25, 0.3) is 17.1 Å². The molecular formula is C23H19F2N5OS. The third kappa shape index (κ3) is 4.83. The summed E-state index contributed by atoms with van der Waals surface area (Å²) in [5.41, 5.74) is 2.80. The van der Waals surface area contributed by atoms with E-state index >= 15 is 0 Å². The molecule has 2 heterocycles. The van der Waals surface area contributed by atoms with Crippen LogP contribution in [-0.2, 0) is 11.2 Å². The molecule has 0 aliphatic heterocycles. The molecule has 4 aromatic rings. The van der Waals surface area contributed by atoms with Crippen LogP contribution >= 0.6 is 11.8 Å². The van der Waals surface area contributed by atoms with Gasteiger partial charge in [-0.25, -0.2) is 8.78 Å². The summed E-state index contributed by atoms with van der Waals surface area (Å²) in [5.74, 6) is -1.40. The van der Waals surface area contributed by atoms with Crippen molar-refractivity contribution in [2.24, 2.45) is 0 Å². The van der Waals surface area contributed by atoms with Gasteiger partial charge in [0.2, 0.25) is 5.91 Å². The Morgan fingerprint density at radius 2 is 1.78 bits per heavy atom. The van der Waals surface area contributed by atoms with Gasteiger partial charge in [0.15, 0.2) is 11.0 Å². The van der Waals surface area contributed by atoms with E-state index in [1.165, 1.54) is 23.4 Å². The van der Waals surface area contributed by atoms with E-state index in [9.17, 15) is 13.6 Å². The second kappa shape index (κ2) is 9.69. The van der Waals surface area contributed by atoms with Gasteiger partial charge in [-0.15, -0.1) is 10.2 Å². The summed E-state index contributed by atoms with van der Waals surface area (Å²) in [5, 5.41) is 11.6. The van der Waals surface area contributed by atoms with Gasteiger partial charge in [0.05, 0.1) is 11.4 Å². The zero-order valence-corrected chi connectivity index (χ0v) is 17.9. The van der Waals surface area contributed by atoms with Gasteiger partial charge in [0.25, 0.3) is 0 Å². The third-order valence-corrected chi connectivity index (χ3v) is 5.64. The number of anilines is 1. The van der Waals surface area contributed by atoms with E-state index in [0.29, 0.717) is 11.0 Å². The fraction of sp³-hybridized carbons (Fsp3) is 0.130. The molecule has 0 atom stereocenters. The number of carbonyl (C=O) groups excluding carboxylic acids is 1. The van der Waals surface area contributed by atoms with Gasteiger partial charge in [-0.3, -0.25) is 14.3 Å². The zero-order valence-electron chi connectivity index (χ0n) is 17.1. The Hall–Kier alpha value is -3.59. The van der Waals surface area contributed by atoms with Crippen LogP contribution in [0.15, 0.2) is 72.1 Å². The minimum Gasteiger partial charge on any atom is -0.323 e. The summed E-state index contributed by atoms with van der Waals surface area (Å²) in [6.07, 6.45) is 4.26. The molecule has 4 rings (SSSR count). The van der Waals surface area contributed by atoms with Gasteiger partial charge < -0.3 is 5.32 Å². The van der Waals surface area contributed by atoms with Crippen molar-refractivity contribution in [3.05, 3.63) is 84.2 Å². The molecule has 0 saturated carbocycles. The van der Waals surface area contributed by atoms with Crippen LogP contribution in [0.1, 0.15) is 12.5 Å². The van der Waals surface area contributed by atoms with Crippen LogP contribution in [0, 0.1) is 11.6 Å². The number of halogens is 2. The average molecular weight is 452 g/mol. The molecule has 0 bridgehead atoms. The number of aromatic nitrogens is 4. The first-order valence-electron chi connectivity index (χ1n) is 9.88. The molecule has 0 aliphatic rings. The molecular weight excluding hydrogens is 432 g/mol. The molecule has 2 aromatic heterocycles. The van der Waals surface area contributed by atoms with Crippen molar-refractivity contribution in [1.29, 1.82) is 0 Å². The van der Waals surface area contributed by atoms with E-state index in [1.807, 2.05) is 41.0 Å². The lowest BCUT2D eigenvalue weighted by atomic mass is 10.1. The van der Waals surface area contributed by atoms with Gasteiger partial charge in [0, 0.05) is 29.7 Å². The Morgan fingerprint density at radius 3 is 2.47 bits per heavy atom. The van der Waals surface area contributed by atoms with E-state index in [2.05, 4.69) is 27.4 Å². The van der Waals surface area contributed by atoms with Gasteiger partial charge in [0.1, 0.15) is 11.6 Å². The first-order chi connectivity index (χ1) is 15.5. The molecule has 0 radical (unpaired) electrons. The number of thioether (sulfide) groups is 1. The van der Waals surface area contributed by atoms with Crippen LogP contribution in [0.4, 0.5) is 14.5 Å². The minimum atomic E-state index is -0.831. The molecule has 0 aliphatic carbocycles. The Kier molecular flexibility index (Phi) is 6.55. The van der Waals surface area contributed by atoms with E-state index in [1.54, 1.807) is 12.4 Å². The van der Waals surface area contributed by atoms with Crippen molar-refractivity contribution in [1.82, 2.24) is 19.7 Å². The summed E-state index contributed by atoms with van der Waals surface area (Å²) in [7, 11) is 0. The molecule has 0 unspecified atom stereocenters. The molecule has 0 spiro atoms. The highest BCUT2D eigenvalue weighted by Gasteiger charge is 2.18. The number of hydrogen-bond donors (Lipinski definition) is 1. The lowest BCUT2D eigenvalue weighted by Gasteiger charge is -2.11. The van der Waals surface area contributed by atoms with Gasteiger partial charge in [-0.05, 0) is 48.4 Å². The largest absolute Gasteiger partial charge is 0.323 e. The lowest BCUT2D eigenvalue weighted by molar-refractivity contribution is -0.113. The first kappa shape index (κ1) is 21.6. The lowest BCUT2D eigenvalue weighted by Crippen LogP contribution is -2.15. The molecule has 9 heteroatoms. The highest BCUT2D eigenvalue weighted by molar-refractivity contribution is 7.99. The highest BCUT2D eigenvalue weighted by atomic mass is 32.2. The van der Waals surface area contributed by atoms with Crippen LogP contribution in [-0.4, -0.2) is 31.4 Å². The first-order valence-corrected chi connectivity index (χ1v) is 10.9. The minimum absolute atomic E-state index is 0.0294. The van der Waals surface area contributed by atoms with Crippen molar-refractivity contribution in [3.8, 4) is 17.1 Å². The van der Waals surface area contributed by atoms with E-state index in [-0.39, 0.29) is 11.4 Å². The fourth-order valence-electron chi connectivity index (χ4n) is 3.07. The summed E-state index contributed by atoms with van der Waals surface area (Å²) < 4.78 is 28.8. The second-order valence-electron chi connectivity index (χ2n) is 6.86. The van der Waals surface area contributed by atoms with Gasteiger partial charge >= 0.3 is 0 Å². The maximum atomic E-state index is 13.8. The van der Waals surface area contributed by atoms with E-state index in [4.69, 9.17) is 0 Å². The summed E-state index contributed by atoms with van der Waals surface area (Å²) in [6.45, 7) is 2.08. The molecule has 1 N–H and O–H groups in total. The maximum absolute atomic E-state index is 13.8. The summed E-state index contributed by atoms with van der Waals surface area (Å²) >= 11 is 1.17. The molecule has 162 valence electrons.